The van der Waals surface area contributed by atoms with Crippen LogP contribution in [0.5, 0.6) is 0 Å². The van der Waals surface area contributed by atoms with Gasteiger partial charge in [-0.25, -0.2) is 0 Å². The molecule has 0 fully saturated rings. The molecule has 0 aliphatic heterocycles. The number of benzene rings is 1. The average Bonchev–Trinajstić information content (AvgIpc) is 2.60. The highest BCUT2D eigenvalue weighted by molar-refractivity contribution is 14.0. The summed E-state index contributed by atoms with van der Waals surface area (Å²) < 4.78 is 6.04. The van der Waals surface area contributed by atoms with Crippen LogP contribution in [0.2, 0.25) is 0 Å². The Hall–Kier alpha value is -0.870. The van der Waals surface area contributed by atoms with Crippen LogP contribution in [0.4, 0.5) is 0 Å². The van der Waals surface area contributed by atoms with Gasteiger partial charge in [0.1, 0.15) is 0 Å². The van der Waals surface area contributed by atoms with E-state index in [2.05, 4.69) is 31.6 Å². The van der Waals surface area contributed by atoms with E-state index in [-0.39, 0.29) is 29.9 Å². The van der Waals surface area contributed by atoms with E-state index in [1.807, 2.05) is 38.2 Å². The second-order valence-electron chi connectivity index (χ2n) is 5.62. The minimum Gasteiger partial charge on any atom is -0.385 e. The number of nitrogens with zero attached hydrogens (tertiary/aromatic N) is 2. The van der Waals surface area contributed by atoms with Crippen molar-refractivity contribution in [2.24, 2.45) is 4.99 Å². The number of nitrogens with one attached hydrogen (secondary N) is 2. The van der Waals surface area contributed by atoms with Gasteiger partial charge >= 0.3 is 0 Å². The third-order valence-corrected chi connectivity index (χ3v) is 4.32. The number of guanidine groups is 1. The molecule has 148 valence electrons. The zero-order valence-electron chi connectivity index (χ0n) is 15.8. The number of hydrogen-bond acceptors (Lipinski definition) is 3. The van der Waals surface area contributed by atoms with E-state index in [4.69, 9.17) is 4.74 Å². The molecule has 6 nitrogen and oxygen atoms in total. The molecule has 0 saturated carbocycles. The van der Waals surface area contributed by atoms with Crippen LogP contribution in [0.1, 0.15) is 25.3 Å². The molecule has 1 amide bonds. The Morgan fingerprint density at radius 2 is 2.04 bits per heavy atom. The Morgan fingerprint density at radius 1 is 1.31 bits per heavy atom. The van der Waals surface area contributed by atoms with Crippen molar-refractivity contribution in [2.45, 2.75) is 26.3 Å². The van der Waals surface area contributed by atoms with E-state index < -0.39 is 0 Å². The van der Waals surface area contributed by atoms with Gasteiger partial charge in [-0.1, -0.05) is 34.1 Å². The molecule has 0 saturated heterocycles. The Kier molecular flexibility index (Phi) is 14.7. The molecule has 0 aromatic heterocycles. The third kappa shape index (κ3) is 10.3. The smallest absolute Gasteiger partial charge is 0.224 e. The monoisotopic (exact) mass is 540 g/mol. The van der Waals surface area contributed by atoms with Crippen molar-refractivity contribution in [2.75, 3.05) is 40.4 Å². The molecule has 0 unspecified atom stereocenters. The first-order valence-corrected chi connectivity index (χ1v) is 9.36. The minimum absolute atomic E-state index is 0. The van der Waals surface area contributed by atoms with Crippen molar-refractivity contribution in [3.63, 3.8) is 0 Å². The Morgan fingerprint density at radius 3 is 2.69 bits per heavy atom. The molecular weight excluding hydrogens is 511 g/mol. The van der Waals surface area contributed by atoms with Crippen molar-refractivity contribution >= 4 is 51.8 Å². The van der Waals surface area contributed by atoms with Crippen molar-refractivity contribution in [1.29, 1.82) is 0 Å². The number of halogens is 2. The van der Waals surface area contributed by atoms with Gasteiger partial charge in [-0.05, 0) is 25.0 Å². The van der Waals surface area contributed by atoms with Crippen molar-refractivity contribution in [3.05, 3.63) is 34.3 Å². The summed E-state index contributed by atoms with van der Waals surface area (Å²) in [5, 5.41) is 6.38. The first-order valence-electron chi connectivity index (χ1n) is 8.57. The van der Waals surface area contributed by atoms with Crippen molar-refractivity contribution < 1.29 is 9.53 Å². The lowest BCUT2D eigenvalue weighted by Crippen LogP contribution is -2.39. The van der Waals surface area contributed by atoms with Crippen LogP contribution in [-0.2, 0) is 16.1 Å². The maximum absolute atomic E-state index is 12.3. The Balaban J connectivity index is 0.00000625. The highest BCUT2D eigenvalue weighted by atomic mass is 127. The van der Waals surface area contributed by atoms with E-state index in [0.717, 1.165) is 29.0 Å². The van der Waals surface area contributed by atoms with Crippen LogP contribution in [0, 0.1) is 0 Å². The quantitative estimate of drug-likeness (QED) is 0.207. The summed E-state index contributed by atoms with van der Waals surface area (Å²) in [5.74, 6) is 0.832. The predicted octanol–water partition coefficient (Wildman–Crippen LogP) is 3.01. The lowest BCUT2D eigenvalue weighted by molar-refractivity contribution is -0.130. The van der Waals surface area contributed by atoms with Crippen LogP contribution in [0.3, 0.4) is 0 Å². The fourth-order valence-corrected chi connectivity index (χ4v) is 2.60. The second kappa shape index (κ2) is 15.2. The third-order valence-electron chi connectivity index (χ3n) is 3.54. The molecule has 1 rings (SSSR count). The molecule has 2 N–H and O–H groups in total. The average molecular weight is 541 g/mol. The van der Waals surface area contributed by atoms with E-state index in [0.29, 0.717) is 32.7 Å². The molecule has 0 bridgehead atoms. The largest absolute Gasteiger partial charge is 0.385 e. The van der Waals surface area contributed by atoms with Crippen LogP contribution in [-0.4, -0.2) is 57.2 Å². The lowest BCUT2D eigenvalue weighted by atomic mass is 10.2. The first-order chi connectivity index (χ1) is 12.1. The van der Waals surface area contributed by atoms with Gasteiger partial charge in [-0.2, -0.15) is 0 Å². The summed E-state index contributed by atoms with van der Waals surface area (Å²) in [6.45, 7) is 5.33. The van der Waals surface area contributed by atoms with Gasteiger partial charge < -0.3 is 20.3 Å². The molecule has 26 heavy (non-hydrogen) atoms. The van der Waals surface area contributed by atoms with Gasteiger partial charge in [0.25, 0.3) is 0 Å². The number of amides is 1. The summed E-state index contributed by atoms with van der Waals surface area (Å²) in [4.78, 5) is 18.5. The van der Waals surface area contributed by atoms with Gasteiger partial charge in [-0.15, -0.1) is 24.0 Å². The Labute approximate surface area is 182 Å². The lowest BCUT2D eigenvalue weighted by Gasteiger charge is -2.19. The topological polar surface area (TPSA) is 66.0 Å². The number of rotatable bonds is 10. The fourth-order valence-electron chi connectivity index (χ4n) is 2.19. The molecule has 1 aromatic rings. The van der Waals surface area contributed by atoms with Crippen LogP contribution < -0.4 is 10.6 Å². The SMILES string of the molecule is CCNC(=NCCCOC)NCCC(=O)N(C)Cc1ccccc1Br.I. The molecule has 0 aliphatic carbocycles. The molecule has 0 radical (unpaired) electrons. The number of methoxy groups -OCH3 is 1. The van der Waals surface area contributed by atoms with E-state index in [1.165, 1.54) is 0 Å². The van der Waals surface area contributed by atoms with Crippen molar-refractivity contribution in [3.8, 4) is 0 Å². The second-order valence-corrected chi connectivity index (χ2v) is 6.48. The van der Waals surface area contributed by atoms with E-state index >= 15 is 0 Å². The maximum Gasteiger partial charge on any atom is 0.224 e. The summed E-state index contributed by atoms with van der Waals surface area (Å²) in [6.07, 6.45) is 1.30. The molecule has 0 aliphatic rings. The van der Waals surface area contributed by atoms with Crippen LogP contribution in [0.15, 0.2) is 33.7 Å². The normalized spacial score (nSPS) is 10.8. The van der Waals surface area contributed by atoms with Crippen molar-refractivity contribution in [1.82, 2.24) is 15.5 Å². The van der Waals surface area contributed by atoms with Crippen LogP contribution in [0.25, 0.3) is 0 Å². The molecule has 8 heteroatoms. The predicted molar refractivity (Wildman–Crippen MR) is 121 cm³/mol. The number of carbonyl (C=O) groups excluding carboxylic acids is 1. The van der Waals surface area contributed by atoms with Gasteiger partial charge in [0.15, 0.2) is 5.96 Å². The highest BCUT2D eigenvalue weighted by Gasteiger charge is 2.10. The Bertz CT molecular complexity index is 558. The van der Waals surface area contributed by atoms with E-state index in [1.54, 1.807) is 12.0 Å². The number of carbonyl (C=O) groups is 1. The van der Waals surface area contributed by atoms with Gasteiger partial charge in [0.2, 0.25) is 5.91 Å². The van der Waals surface area contributed by atoms with Crippen LogP contribution >= 0.6 is 39.9 Å². The zero-order valence-corrected chi connectivity index (χ0v) is 19.7. The molecular formula is C18H30BrIN4O2. The molecule has 0 spiro atoms. The van der Waals surface area contributed by atoms with Gasteiger partial charge in [-0.3, -0.25) is 9.79 Å². The van der Waals surface area contributed by atoms with Gasteiger partial charge in [0, 0.05) is 57.8 Å². The minimum atomic E-state index is 0. The summed E-state index contributed by atoms with van der Waals surface area (Å²) in [6, 6.07) is 7.94. The first kappa shape index (κ1) is 25.1. The summed E-state index contributed by atoms with van der Waals surface area (Å²) in [7, 11) is 3.51. The number of hydrogen-bond donors (Lipinski definition) is 2. The summed E-state index contributed by atoms with van der Waals surface area (Å²) in [5.41, 5.74) is 1.10. The van der Waals surface area contributed by atoms with E-state index in [9.17, 15) is 4.79 Å². The number of aliphatic imine (C=N–C) groups is 1. The molecule has 0 heterocycles. The summed E-state index contributed by atoms with van der Waals surface area (Å²) >= 11 is 3.51. The molecule has 1 aromatic carbocycles. The number of ether oxygens (including phenoxy) is 1. The standard InChI is InChI=1S/C18H29BrN4O2.HI/c1-4-20-18(21-11-7-13-25-3)22-12-10-17(24)23(2)14-15-8-5-6-9-16(15)19;/h5-6,8-9H,4,7,10-14H2,1-3H3,(H2,20,21,22);1H. The van der Waals surface area contributed by atoms with Gasteiger partial charge in [0.05, 0.1) is 0 Å². The zero-order chi connectivity index (χ0) is 18.5. The maximum atomic E-state index is 12.3. The highest BCUT2D eigenvalue weighted by Crippen LogP contribution is 2.17. The molecule has 0 atom stereocenters. The fraction of sp³-hybridized carbons (Fsp3) is 0.556.